The average molecular weight is 200 g/mol. The van der Waals surface area contributed by atoms with Gasteiger partial charge in [-0.3, -0.25) is 4.79 Å². The second-order valence-electron chi connectivity index (χ2n) is 2.97. The number of carbonyl (C=O) groups is 1. The predicted octanol–water partition coefficient (Wildman–Crippen LogP) is 2.33. The third kappa shape index (κ3) is 3.17. The van der Waals surface area contributed by atoms with Gasteiger partial charge in [-0.05, 0) is 25.5 Å². The van der Waals surface area contributed by atoms with E-state index in [0.717, 1.165) is 11.1 Å². The Bertz CT molecular complexity index is 297. The van der Waals surface area contributed by atoms with Crippen molar-refractivity contribution in [3.05, 3.63) is 35.4 Å². The molecule has 0 saturated heterocycles. The first kappa shape index (κ1) is 12.1. The van der Waals surface area contributed by atoms with E-state index in [0.29, 0.717) is 0 Å². The number of hydrogen-bond donors (Lipinski definition) is 1. The second-order valence-corrected chi connectivity index (χ2v) is 2.97. The Balaban J connectivity index is 0.00000144. The van der Waals surface area contributed by atoms with E-state index in [1.807, 2.05) is 25.1 Å². The third-order valence-corrected chi connectivity index (χ3v) is 1.82. The summed E-state index contributed by atoms with van der Waals surface area (Å²) in [6.07, 6.45) is 0. The minimum absolute atomic E-state index is 0. The fraction of sp³-hybridized carbons (Fsp3) is 0.300. The summed E-state index contributed by atoms with van der Waals surface area (Å²) in [6.45, 7) is 3.46. The highest BCUT2D eigenvalue weighted by Gasteiger charge is 2.02. The molecular weight excluding hydrogens is 186 g/mol. The molecule has 0 amide bonds. The molecule has 0 aliphatic heterocycles. The van der Waals surface area contributed by atoms with Crippen LogP contribution >= 0.6 is 12.4 Å². The van der Waals surface area contributed by atoms with E-state index in [9.17, 15) is 4.79 Å². The molecule has 1 atom stereocenters. The normalized spacial score (nSPS) is 11.6. The summed E-state index contributed by atoms with van der Waals surface area (Å²) in [7, 11) is 0. The summed E-state index contributed by atoms with van der Waals surface area (Å²) in [5.41, 5.74) is 7.40. The van der Waals surface area contributed by atoms with Gasteiger partial charge in [-0.2, -0.15) is 0 Å². The predicted molar refractivity (Wildman–Crippen MR) is 56.3 cm³/mol. The molecule has 0 unspecified atom stereocenters. The van der Waals surface area contributed by atoms with E-state index < -0.39 is 0 Å². The summed E-state index contributed by atoms with van der Waals surface area (Å²) in [4.78, 5) is 11.0. The number of halogens is 1. The van der Waals surface area contributed by atoms with Gasteiger partial charge in [-0.25, -0.2) is 0 Å². The maximum Gasteiger partial charge on any atom is 0.159 e. The summed E-state index contributed by atoms with van der Waals surface area (Å²) >= 11 is 0. The molecule has 0 spiro atoms. The molecular formula is C10H14ClNO. The van der Waals surface area contributed by atoms with Gasteiger partial charge in [0.2, 0.25) is 0 Å². The number of Topliss-reactive ketones (excluding diaryl/α,β-unsaturated/α-hetero) is 1. The molecule has 0 aromatic heterocycles. The average Bonchev–Trinajstić information content (AvgIpc) is 2.04. The lowest BCUT2D eigenvalue weighted by Gasteiger charge is -2.05. The quantitative estimate of drug-likeness (QED) is 0.743. The molecule has 3 heteroatoms. The zero-order valence-electron chi connectivity index (χ0n) is 7.78. The van der Waals surface area contributed by atoms with Crippen LogP contribution in [0.5, 0.6) is 0 Å². The van der Waals surface area contributed by atoms with Gasteiger partial charge in [0.25, 0.3) is 0 Å². The zero-order chi connectivity index (χ0) is 9.14. The lowest BCUT2D eigenvalue weighted by Crippen LogP contribution is -2.05. The number of hydrogen-bond acceptors (Lipinski definition) is 2. The number of ketones is 1. The van der Waals surface area contributed by atoms with Crippen LogP contribution in [0.15, 0.2) is 24.3 Å². The van der Waals surface area contributed by atoms with E-state index in [4.69, 9.17) is 5.73 Å². The molecule has 0 aliphatic carbocycles. The van der Waals surface area contributed by atoms with Crippen molar-refractivity contribution in [2.24, 2.45) is 5.73 Å². The zero-order valence-corrected chi connectivity index (χ0v) is 8.60. The standard InChI is InChI=1S/C10H13NO.ClH/c1-7(11)9-4-3-5-10(6-9)8(2)12;/h3-7H,11H2,1-2H3;1H/t7-;/m0./s1. The number of rotatable bonds is 2. The van der Waals surface area contributed by atoms with Crippen molar-refractivity contribution in [1.82, 2.24) is 0 Å². The van der Waals surface area contributed by atoms with E-state index in [2.05, 4.69) is 0 Å². The minimum Gasteiger partial charge on any atom is -0.324 e. The smallest absolute Gasteiger partial charge is 0.159 e. The van der Waals surface area contributed by atoms with Crippen LogP contribution in [-0.4, -0.2) is 5.78 Å². The van der Waals surface area contributed by atoms with Crippen LogP contribution in [0, 0.1) is 0 Å². The first-order valence-electron chi connectivity index (χ1n) is 3.97. The Hall–Kier alpha value is -0.860. The van der Waals surface area contributed by atoms with Crippen molar-refractivity contribution < 1.29 is 4.79 Å². The van der Waals surface area contributed by atoms with Crippen LogP contribution in [0.2, 0.25) is 0 Å². The van der Waals surface area contributed by atoms with Gasteiger partial charge in [0.1, 0.15) is 0 Å². The highest BCUT2D eigenvalue weighted by Crippen LogP contribution is 2.11. The molecule has 0 radical (unpaired) electrons. The van der Waals surface area contributed by atoms with Crippen LogP contribution in [-0.2, 0) is 0 Å². The fourth-order valence-corrected chi connectivity index (χ4v) is 1.04. The van der Waals surface area contributed by atoms with Crippen LogP contribution in [0.25, 0.3) is 0 Å². The molecule has 1 aromatic carbocycles. The summed E-state index contributed by atoms with van der Waals surface area (Å²) in [5, 5.41) is 0. The maximum atomic E-state index is 11.0. The van der Waals surface area contributed by atoms with Crippen molar-refractivity contribution >= 4 is 18.2 Å². The van der Waals surface area contributed by atoms with Gasteiger partial charge in [-0.1, -0.05) is 18.2 Å². The molecule has 2 nitrogen and oxygen atoms in total. The Kier molecular flexibility index (Phi) is 4.67. The lowest BCUT2D eigenvalue weighted by atomic mass is 10.0. The van der Waals surface area contributed by atoms with Gasteiger partial charge in [-0.15, -0.1) is 12.4 Å². The fourth-order valence-electron chi connectivity index (χ4n) is 1.04. The topological polar surface area (TPSA) is 43.1 Å². The van der Waals surface area contributed by atoms with Crippen LogP contribution in [0.1, 0.15) is 35.8 Å². The largest absolute Gasteiger partial charge is 0.324 e. The van der Waals surface area contributed by atoms with Gasteiger partial charge in [0.15, 0.2) is 5.78 Å². The highest BCUT2D eigenvalue weighted by atomic mass is 35.5. The Morgan fingerprint density at radius 2 is 2.08 bits per heavy atom. The Morgan fingerprint density at radius 3 is 2.54 bits per heavy atom. The molecule has 0 aliphatic rings. The van der Waals surface area contributed by atoms with Crippen LogP contribution < -0.4 is 5.73 Å². The summed E-state index contributed by atoms with van der Waals surface area (Å²) in [6, 6.07) is 7.41. The number of carbonyl (C=O) groups excluding carboxylic acids is 1. The first-order valence-corrected chi connectivity index (χ1v) is 3.97. The lowest BCUT2D eigenvalue weighted by molar-refractivity contribution is 0.101. The molecule has 0 saturated carbocycles. The van der Waals surface area contributed by atoms with E-state index in [-0.39, 0.29) is 24.2 Å². The SMILES string of the molecule is CC(=O)c1cccc([C@H](C)N)c1.Cl. The third-order valence-electron chi connectivity index (χ3n) is 1.82. The summed E-state index contributed by atoms with van der Waals surface area (Å²) in [5.74, 6) is 0.0810. The molecule has 0 fully saturated rings. The Morgan fingerprint density at radius 1 is 1.46 bits per heavy atom. The van der Waals surface area contributed by atoms with Gasteiger partial charge in [0, 0.05) is 11.6 Å². The first-order chi connectivity index (χ1) is 5.61. The van der Waals surface area contributed by atoms with Crippen molar-refractivity contribution in [3.8, 4) is 0 Å². The van der Waals surface area contributed by atoms with Crippen LogP contribution in [0.3, 0.4) is 0 Å². The van der Waals surface area contributed by atoms with Crippen molar-refractivity contribution in [2.45, 2.75) is 19.9 Å². The molecule has 0 heterocycles. The second kappa shape index (κ2) is 5.00. The van der Waals surface area contributed by atoms with Gasteiger partial charge in [0.05, 0.1) is 0 Å². The Labute approximate surface area is 84.5 Å². The van der Waals surface area contributed by atoms with Gasteiger partial charge >= 0.3 is 0 Å². The number of benzene rings is 1. The molecule has 0 bridgehead atoms. The van der Waals surface area contributed by atoms with Crippen LogP contribution in [0.4, 0.5) is 0 Å². The molecule has 13 heavy (non-hydrogen) atoms. The highest BCUT2D eigenvalue weighted by molar-refractivity contribution is 5.94. The van der Waals surface area contributed by atoms with E-state index >= 15 is 0 Å². The van der Waals surface area contributed by atoms with Gasteiger partial charge < -0.3 is 5.73 Å². The summed E-state index contributed by atoms with van der Waals surface area (Å²) < 4.78 is 0. The van der Waals surface area contributed by atoms with E-state index in [1.54, 1.807) is 13.0 Å². The molecule has 72 valence electrons. The monoisotopic (exact) mass is 199 g/mol. The van der Waals surface area contributed by atoms with Crippen molar-refractivity contribution in [3.63, 3.8) is 0 Å². The molecule has 1 aromatic rings. The minimum atomic E-state index is -0.00991. The molecule has 2 N–H and O–H groups in total. The maximum absolute atomic E-state index is 11.0. The van der Waals surface area contributed by atoms with Crippen molar-refractivity contribution in [2.75, 3.05) is 0 Å². The van der Waals surface area contributed by atoms with Crippen molar-refractivity contribution in [1.29, 1.82) is 0 Å². The van der Waals surface area contributed by atoms with E-state index in [1.165, 1.54) is 0 Å². The number of nitrogens with two attached hydrogens (primary N) is 1. The molecule has 1 rings (SSSR count).